The van der Waals surface area contributed by atoms with Crippen LogP contribution < -0.4 is 15.4 Å². The minimum absolute atomic E-state index is 0.0919. The number of para-hydroxylation sites is 1. The Bertz CT molecular complexity index is 436. The summed E-state index contributed by atoms with van der Waals surface area (Å²) < 4.78 is 19.2. The van der Waals surface area contributed by atoms with Crippen LogP contribution in [0.2, 0.25) is 0 Å². The molecule has 112 valence electrons. The third kappa shape index (κ3) is 5.57. The van der Waals surface area contributed by atoms with Crippen molar-refractivity contribution in [1.29, 1.82) is 0 Å². The number of rotatable bonds is 8. The fraction of sp³-hybridized carbons (Fsp3) is 0.533. The Hall–Kier alpha value is -1.62. The van der Waals surface area contributed by atoms with Gasteiger partial charge in [-0.2, -0.15) is 0 Å². The first-order valence-electron chi connectivity index (χ1n) is 6.94. The summed E-state index contributed by atoms with van der Waals surface area (Å²) in [5.41, 5.74) is 0.759. The molecule has 5 heteroatoms. The molecule has 20 heavy (non-hydrogen) atoms. The molecule has 1 aromatic rings. The van der Waals surface area contributed by atoms with E-state index in [1.165, 1.54) is 6.07 Å². The van der Waals surface area contributed by atoms with Crippen molar-refractivity contribution in [3.8, 4) is 5.75 Å². The smallest absolute Gasteiger partial charge is 0.223 e. The quantitative estimate of drug-likeness (QED) is 0.769. The summed E-state index contributed by atoms with van der Waals surface area (Å²) in [5.74, 6) is -0.264. The number of amides is 1. The van der Waals surface area contributed by atoms with Crippen LogP contribution in [0.25, 0.3) is 0 Å². The fourth-order valence-corrected chi connectivity index (χ4v) is 1.70. The molecule has 0 unspecified atom stereocenters. The lowest BCUT2D eigenvalue weighted by Crippen LogP contribution is -2.25. The Balaban J connectivity index is 2.60. The Morgan fingerprint density at radius 3 is 2.80 bits per heavy atom. The summed E-state index contributed by atoms with van der Waals surface area (Å²) in [6.45, 7) is 7.19. The van der Waals surface area contributed by atoms with Crippen LogP contribution in [0.4, 0.5) is 4.39 Å². The van der Waals surface area contributed by atoms with Gasteiger partial charge in [0.25, 0.3) is 0 Å². The van der Waals surface area contributed by atoms with Crippen LogP contribution in [0.5, 0.6) is 5.75 Å². The zero-order chi connectivity index (χ0) is 15.0. The van der Waals surface area contributed by atoms with Crippen LogP contribution in [0.3, 0.4) is 0 Å². The largest absolute Gasteiger partial charge is 0.490 e. The van der Waals surface area contributed by atoms with Gasteiger partial charge < -0.3 is 15.4 Å². The summed E-state index contributed by atoms with van der Waals surface area (Å²) in [6.07, 6.45) is 0.221. The normalized spacial score (nSPS) is 10.7. The second-order valence-electron chi connectivity index (χ2n) is 4.82. The average molecular weight is 282 g/mol. The van der Waals surface area contributed by atoms with E-state index in [1.807, 2.05) is 26.8 Å². The van der Waals surface area contributed by atoms with Gasteiger partial charge in [0.1, 0.15) is 0 Å². The maximum absolute atomic E-state index is 13.8. The number of halogens is 1. The highest BCUT2D eigenvalue weighted by Gasteiger charge is 2.11. The monoisotopic (exact) mass is 282 g/mol. The molecule has 0 aliphatic heterocycles. The van der Waals surface area contributed by atoms with Gasteiger partial charge in [0.15, 0.2) is 11.6 Å². The first kappa shape index (κ1) is 16.4. The van der Waals surface area contributed by atoms with Crippen molar-refractivity contribution in [1.82, 2.24) is 10.6 Å². The molecular weight excluding hydrogens is 259 g/mol. The van der Waals surface area contributed by atoms with E-state index in [4.69, 9.17) is 4.74 Å². The van der Waals surface area contributed by atoms with Gasteiger partial charge in [0, 0.05) is 24.7 Å². The van der Waals surface area contributed by atoms with E-state index in [0.717, 1.165) is 5.56 Å². The topological polar surface area (TPSA) is 50.4 Å². The molecule has 0 saturated heterocycles. The summed E-state index contributed by atoms with van der Waals surface area (Å²) in [5, 5.41) is 5.90. The van der Waals surface area contributed by atoms with Crippen LogP contribution in [-0.4, -0.2) is 25.1 Å². The van der Waals surface area contributed by atoms with Crippen molar-refractivity contribution >= 4 is 5.91 Å². The highest BCUT2D eigenvalue weighted by Crippen LogP contribution is 2.22. The number of ether oxygens (including phenoxy) is 1. The van der Waals surface area contributed by atoms with Gasteiger partial charge in [-0.05, 0) is 13.0 Å². The van der Waals surface area contributed by atoms with Gasteiger partial charge in [-0.15, -0.1) is 0 Å². The fourth-order valence-electron chi connectivity index (χ4n) is 1.70. The van der Waals surface area contributed by atoms with Crippen LogP contribution in [0.15, 0.2) is 18.2 Å². The lowest BCUT2D eigenvalue weighted by molar-refractivity contribution is -0.121. The highest BCUT2D eigenvalue weighted by molar-refractivity contribution is 5.75. The van der Waals surface area contributed by atoms with E-state index in [-0.39, 0.29) is 24.7 Å². The van der Waals surface area contributed by atoms with Crippen molar-refractivity contribution in [3.63, 3.8) is 0 Å². The van der Waals surface area contributed by atoms with E-state index in [0.29, 0.717) is 19.1 Å². The predicted octanol–water partition coefficient (Wildman–Crippen LogP) is 2.23. The van der Waals surface area contributed by atoms with Crippen molar-refractivity contribution < 1.29 is 13.9 Å². The molecule has 0 aliphatic carbocycles. The Labute approximate surface area is 119 Å². The summed E-state index contributed by atoms with van der Waals surface area (Å²) in [4.78, 5) is 11.3. The third-order valence-electron chi connectivity index (χ3n) is 2.70. The number of benzene rings is 1. The van der Waals surface area contributed by atoms with Crippen molar-refractivity contribution in [2.75, 3.05) is 13.2 Å². The predicted molar refractivity (Wildman–Crippen MR) is 77.2 cm³/mol. The zero-order valence-electron chi connectivity index (χ0n) is 12.3. The molecule has 1 amide bonds. The second kappa shape index (κ2) is 8.53. The Kier molecular flexibility index (Phi) is 7.01. The van der Waals surface area contributed by atoms with E-state index in [2.05, 4.69) is 10.6 Å². The molecule has 0 aliphatic rings. The number of nitrogens with one attached hydrogen (secondary N) is 2. The van der Waals surface area contributed by atoms with E-state index >= 15 is 0 Å². The molecule has 0 saturated carbocycles. The minimum Gasteiger partial charge on any atom is -0.490 e. The van der Waals surface area contributed by atoms with E-state index in [9.17, 15) is 9.18 Å². The maximum Gasteiger partial charge on any atom is 0.223 e. The molecule has 4 nitrogen and oxygen atoms in total. The van der Waals surface area contributed by atoms with Gasteiger partial charge in [-0.3, -0.25) is 4.79 Å². The maximum atomic E-state index is 13.8. The molecular formula is C15H23FN2O2. The van der Waals surface area contributed by atoms with Crippen LogP contribution in [-0.2, 0) is 11.3 Å². The van der Waals surface area contributed by atoms with Crippen LogP contribution in [0, 0.1) is 5.82 Å². The SMILES string of the molecule is CCNC(=O)CCOc1c(F)cccc1CNC(C)C. The van der Waals surface area contributed by atoms with Crippen molar-refractivity contribution in [2.24, 2.45) is 0 Å². The third-order valence-corrected chi connectivity index (χ3v) is 2.70. The Morgan fingerprint density at radius 1 is 1.40 bits per heavy atom. The Morgan fingerprint density at radius 2 is 2.15 bits per heavy atom. The standard InChI is InChI=1S/C15H23FN2O2/c1-4-17-14(19)8-9-20-15-12(10-18-11(2)3)6-5-7-13(15)16/h5-7,11,18H,4,8-10H2,1-3H3,(H,17,19). The number of carbonyl (C=O) groups is 1. The van der Waals surface area contributed by atoms with Gasteiger partial charge in [0.05, 0.1) is 13.0 Å². The first-order valence-corrected chi connectivity index (χ1v) is 6.94. The molecule has 1 aromatic carbocycles. The van der Waals surface area contributed by atoms with Crippen LogP contribution in [0.1, 0.15) is 32.8 Å². The van der Waals surface area contributed by atoms with Crippen molar-refractivity contribution in [2.45, 2.75) is 39.8 Å². The van der Waals surface area contributed by atoms with E-state index < -0.39 is 5.82 Å². The molecule has 0 aromatic heterocycles. The van der Waals surface area contributed by atoms with Gasteiger partial charge in [-0.1, -0.05) is 26.0 Å². The molecule has 0 spiro atoms. The molecule has 0 radical (unpaired) electrons. The summed E-state index contributed by atoms with van der Waals surface area (Å²) in [7, 11) is 0. The molecule has 0 fully saturated rings. The first-order chi connectivity index (χ1) is 9.54. The van der Waals surface area contributed by atoms with Crippen LogP contribution >= 0.6 is 0 Å². The van der Waals surface area contributed by atoms with E-state index in [1.54, 1.807) is 6.07 Å². The number of hydrogen-bond acceptors (Lipinski definition) is 3. The van der Waals surface area contributed by atoms with Gasteiger partial charge in [0.2, 0.25) is 5.91 Å². The minimum atomic E-state index is -0.399. The molecule has 2 N–H and O–H groups in total. The molecule has 0 bridgehead atoms. The van der Waals surface area contributed by atoms with Gasteiger partial charge >= 0.3 is 0 Å². The lowest BCUT2D eigenvalue weighted by atomic mass is 10.2. The van der Waals surface area contributed by atoms with Crippen molar-refractivity contribution in [3.05, 3.63) is 29.6 Å². The number of hydrogen-bond donors (Lipinski definition) is 2. The summed E-state index contributed by atoms with van der Waals surface area (Å²) >= 11 is 0. The second-order valence-corrected chi connectivity index (χ2v) is 4.82. The number of carbonyl (C=O) groups excluding carboxylic acids is 1. The summed E-state index contributed by atoms with van der Waals surface area (Å²) in [6, 6.07) is 5.14. The average Bonchev–Trinajstić information content (AvgIpc) is 2.39. The van der Waals surface area contributed by atoms with Gasteiger partial charge in [-0.25, -0.2) is 4.39 Å². The zero-order valence-corrected chi connectivity index (χ0v) is 12.3. The molecule has 0 heterocycles. The molecule has 1 rings (SSSR count). The highest BCUT2D eigenvalue weighted by atomic mass is 19.1. The lowest BCUT2D eigenvalue weighted by Gasteiger charge is -2.14. The molecule has 0 atom stereocenters.